The molecule has 2 rings (SSSR count). The van der Waals surface area contributed by atoms with E-state index in [4.69, 9.17) is 4.74 Å². The number of carbonyl (C=O) groups is 1. The molecule has 0 aromatic heterocycles. The summed E-state index contributed by atoms with van der Waals surface area (Å²) in [6, 6.07) is 17.4. The van der Waals surface area contributed by atoms with E-state index in [1.54, 1.807) is 0 Å². The van der Waals surface area contributed by atoms with Gasteiger partial charge >= 0.3 is 0 Å². The van der Waals surface area contributed by atoms with Crippen LogP contribution >= 0.6 is 24.0 Å². The molecule has 0 aliphatic heterocycles. The third kappa shape index (κ3) is 8.61. The van der Waals surface area contributed by atoms with Crippen LogP contribution in [0.1, 0.15) is 36.7 Å². The molecule has 0 atom stereocenters. The van der Waals surface area contributed by atoms with Gasteiger partial charge in [-0.3, -0.25) is 4.79 Å². The van der Waals surface area contributed by atoms with Crippen molar-refractivity contribution in [2.45, 2.75) is 27.3 Å². The standard InChI is InChI=1S/C23H32N4O2.HI/c1-4-24-23(25-16-17-29-21-10-8-7-9-11-21)26-18-19-12-14-20(15-13-19)22(28)27(5-2)6-3;/h7-15H,4-6,16-18H2,1-3H3,(H2,24,25,26);1H. The van der Waals surface area contributed by atoms with Gasteiger partial charge in [0.25, 0.3) is 5.91 Å². The number of nitrogens with zero attached hydrogens (tertiary/aromatic N) is 2. The fourth-order valence-corrected chi connectivity index (χ4v) is 2.81. The molecule has 2 aromatic rings. The van der Waals surface area contributed by atoms with E-state index in [1.165, 1.54) is 0 Å². The average molecular weight is 524 g/mol. The predicted molar refractivity (Wildman–Crippen MR) is 134 cm³/mol. The summed E-state index contributed by atoms with van der Waals surface area (Å²) in [5.74, 6) is 1.67. The summed E-state index contributed by atoms with van der Waals surface area (Å²) in [5.41, 5.74) is 1.77. The third-order valence-corrected chi connectivity index (χ3v) is 4.42. The molecule has 1 amide bonds. The Bertz CT molecular complexity index is 763. The van der Waals surface area contributed by atoms with Gasteiger partial charge in [0.2, 0.25) is 0 Å². The maximum absolute atomic E-state index is 12.4. The zero-order chi connectivity index (χ0) is 20.9. The first-order chi connectivity index (χ1) is 14.2. The van der Waals surface area contributed by atoms with Crippen LogP contribution < -0.4 is 15.4 Å². The number of amides is 1. The van der Waals surface area contributed by atoms with E-state index in [0.717, 1.165) is 23.8 Å². The highest BCUT2D eigenvalue weighted by atomic mass is 127. The molecule has 2 aromatic carbocycles. The maximum atomic E-state index is 12.4. The molecule has 0 unspecified atom stereocenters. The number of rotatable bonds is 10. The van der Waals surface area contributed by atoms with Crippen LogP contribution in [0.4, 0.5) is 0 Å². The fourth-order valence-electron chi connectivity index (χ4n) is 2.81. The molecule has 164 valence electrons. The molecule has 0 saturated heterocycles. The van der Waals surface area contributed by atoms with E-state index in [-0.39, 0.29) is 29.9 Å². The number of ether oxygens (including phenoxy) is 1. The van der Waals surface area contributed by atoms with Gasteiger partial charge in [-0.05, 0) is 50.6 Å². The summed E-state index contributed by atoms with van der Waals surface area (Å²) in [4.78, 5) is 18.8. The van der Waals surface area contributed by atoms with Crippen molar-refractivity contribution in [3.63, 3.8) is 0 Å². The van der Waals surface area contributed by atoms with Crippen molar-refractivity contribution in [3.05, 3.63) is 65.7 Å². The Morgan fingerprint density at radius 1 is 0.967 bits per heavy atom. The summed E-state index contributed by atoms with van der Waals surface area (Å²) < 4.78 is 5.69. The minimum absolute atomic E-state index is 0. The van der Waals surface area contributed by atoms with Crippen molar-refractivity contribution < 1.29 is 9.53 Å². The van der Waals surface area contributed by atoms with Gasteiger partial charge in [-0.25, -0.2) is 4.99 Å². The van der Waals surface area contributed by atoms with Crippen LogP contribution in [0, 0.1) is 0 Å². The van der Waals surface area contributed by atoms with Crippen LogP contribution in [0.5, 0.6) is 5.75 Å². The summed E-state index contributed by atoms with van der Waals surface area (Å²) in [6.45, 7) is 9.96. The van der Waals surface area contributed by atoms with Crippen LogP contribution in [0.15, 0.2) is 59.6 Å². The Balaban J connectivity index is 0.00000450. The summed E-state index contributed by atoms with van der Waals surface area (Å²) in [7, 11) is 0. The van der Waals surface area contributed by atoms with Gasteiger partial charge in [-0.2, -0.15) is 0 Å². The molecule has 0 fully saturated rings. The van der Waals surface area contributed by atoms with E-state index in [1.807, 2.05) is 80.3 Å². The first kappa shape index (κ1) is 25.7. The number of hydrogen-bond acceptors (Lipinski definition) is 3. The second kappa shape index (κ2) is 14.7. The van der Waals surface area contributed by atoms with Gasteiger partial charge in [0.15, 0.2) is 5.96 Å². The zero-order valence-corrected chi connectivity index (χ0v) is 20.4. The van der Waals surface area contributed by atoms with Gasteiger partial charge < -0.3 is 20.3 Å². The molecular weight excluding hydrogens is 491 g/mol. The van der Waals surface area contributed by atoms with E-state index in [0.29, 0.717) is 38.3 Å². The number of halogens is 1. The lowest BCUT2D eigenvalue weighted by atomic mass is 10.1. The lowest BCUT2D eigenvalue weighted by Gasteiger charge is -2.18. The molecule has 0 bridgehead atoms. The lowest BCUT2D eigenvalue weighted by Crippen LogP contribution is -2.39. The molecular formula is C23H33IN4O2. The smallest absolute Gasteiger partial charge is 0.253 e. The lowest BCUT2D eigenvalue weighted by molar-refractivity contribution is 0.0773. The molecule has 0 aliphatic rings. The second-order valence-electron chi connectivity index (χ2n) is 6.46. The van der Waals surface area contributed by atoms with Gasteiger partial charge in [0.05, 0.1) is 13.1 Å². The van der Waals surface area contributed by atoms with Crippen LogP contribution in [-0.4, -0.2) is 49.6 Å². The molecule has 6 nitrogen and oxygen atoms in total. The molecule has 0 spiro atoms. The minimum atomic E-state index is 0. The Hall–Kier alpha value is -2.29. The maximum Gasteiger partial charge on any atom is 0.253 e. The largest absolute Gasteiger partial charge is 0.492 e. The molecule has 0 radical (unpaired) electrons. The van der Waals surface area contributed by atoms with Crippen LogP contribution in [0.3, 0.4) is 0 Å². The van der Waals surface area contributed by atoms with Crippen molar-refractivity contribution in [1.29, 1.82) is 0 Å². The number of hydrogen-bond donors (Lipinski definition) is 2. The summed E-state index contributed by atoms with van der Waals surface area (Å²) in [5, 5.41) is 6.51. The van der Waals surface area contributed by atoms with E-state index in [2.05, 4.69) is 15.6 Å². The first-order valence-corrected chi connectivity index (χ1v) is 10.3. The molecule has 30 heavy (non-hydrogen) atoms. The number of guanidine groups is 1. The van der Waals surface area contributed by atoms with Gasteiger partial charge in [-0.15, -0.1) is 24.0 Å². The molecule has 0 aliphatic carbocycles. The number of benzene rings is 2. The Morgan fingerprint density at radius 3 is 2.23 bits per heavy atom. The molecule has 2 N–H and O–H groups in total. The van der Waals surface area contributed by atoms with Gasteiger partial charge in [0, 0.05) is 25.2 Å². The summed E-state index contributed by atoms with van der Waals surface area (Å²) >= 11 is 0. The highest BCUT2D eigenvalue weighted by Crippen LogP contribution is 2.09. The fraction of sp³-hybridized carbons (Fsp3) is 0.391. The summed E-state index contributed by atoms with van der Waals surface area (Å²) in [6.07, 6.45) is 0. The predicted octanol–water partition coefficient (Wildman–Crippen LogP) is 3.92. The highest BCUT2D eigenvalue weighted by Gasteiger charge is 2.11. The minimum Gasteiger partial charge on any atom is -0.492 e. The van der Waals surface area contributed by atoms with E-state index < -0.39 is 0 Å². The average Bonchev–Trinajstić information content (AvgIpc) is 2.76. The number of aliphatic imine (C=N–C) groups is 1. The Labute approximate surface area is 197 Å². The zero-order valence-electron chi connectivity index (χ0n) is 18.1. The molecule has 0 saturated carbocycles. The second-order valence-corrected chi connectivity index (χ2v) is 6.46. The van der Waals surface area contributed by atoms with Crippen molar-refractivity contribution in [2.75, 3.05) is 32.8 Å². The van der Waals surface area contributed by atoms with Crippen LogP contribution in [0.2, 0.25) is 0 Å². The first-order valence-electron chi connectivity index (χ1n) is 10.3. The van der Waals surface area contributed by atoms with Gasteiger partial charge in [0.1, 0.15) is 12.4 Å². The van der Waals surface area contributed by atoms with E-state index in [9.17, 15) is 4.79 Å². The molecule has 0 heterocycles. The van der Waals surface area contributed by atoms with Crippen LogP contribution in [0.25, 0.3) is 0 Å². The highest BCUT2D eigenvalue weighted by molar-refractivity contribution is 14.0. The third-order valence-electron chi connectivity index (χ3n) is 4.42. The molecule has 7 heteroatoms. The topological polar surface area (TPSA) is 66.0 Å². The van der Waals surface area contributed by atoms with Crippen LogP contribution in [-0.2, 0) is 6.54 Å². The van der Waals surface area contributed by atoms with Gasteiger partial charge in [-0.1, -0.05) is 30.3 Å². The number of nitrogens with one attached hydrogen (secondary N) is 2. The normalized spacial score (nSPS) is 10.7. The Morgan fingerprint density at radius 2 is 1.63 bits per heavy atom. The van der Waals surface area contributed by atoms with Crippen molar-refractivity contribution in [1.82, 2.24) is 15.5 Å². The Kier molecular flexibility index (Phi) is 12.6. The van der Waals surface area contributed by atoms with Crippen molar-refractivity contribution >= 4 is 35.8 Å². The van der Waals surface area contributed by atoms with Crippen molar-refractivity contribution in [2.24, 2.45) is 4.99 Å². The number of para-hydroxylation sites is 1. The quantitative estimate of drug-likeness (QED) is 0.214. The SMILES string of the molecule is CCNC(=NCc1ccc(C(=O)N(CC)CC)cc1)NCCOc1ccccc1.I. The van der Waals surface area contributed by atoms with Crippen molar-refractivity contribution in [3.8, 4) is 5.75 Å². The monoisotopic (exact) mass is 524 g/mol. The van der Waals surface area contributed by atoms with E-state index >= 15 is 0 Å². The number of carbonyl (C=O) groups excluding carboxylic acids is 1.